The van der Waals surface area contributed by atoms with Gasteiger partial charge in [0.2, 0.25) is 5.95 Å². The molecular weight excluding hydrogens is 236 g/mol. The first-order valence-electron chi connectivity index (χ1n) is 6.25. The van der Waals surface area contributed by atoms with Gasteiger partial charge >= 0.3 is 0 Å². The van der Waals surface area contributed by atoms with Gasteiger partial charge in [0, 0.05) is 13.1 Å². The van der Waals surface area contributed by atoms with Crippen molar-refractivity contribution in [2.45, 2.75) is 31.7 Å². The maximum atomic E-state index is 6.13. The molecule has 2 N–H and O–H groups in total. The maximum Gasteiger partial charge on any atom is 0.224 e. The van der Waals surface area contributed by atoms with Gasteiger partial charge in [-0.25, -0.2) is 4.98 Å². The second-order valence-corrected chi connectivity index (χ2v) is 5.39. The van der Waals surface area contributed by atoms with Gasteiger partial charge < -0.3 is 10.6 Å². The molecule has 0 bridgehead atoms. The maximum absolute atomic E-state index is 6.13. The summed E-state index contributed by atoms with van der Waals surface area (Å²) in [4.78, 5) is 8.48. The van der Waals surface area contributed by atoms with Gasteiger partial charge in [0.25, 0.3) is 0 Å². The lowest BCUT2D eigenvalue weighted by atomic mass is 10.1. The Kier molecular flexibility index (Phi) is 2.82. The van der Waals surface area contributed by atoms with E-state index < -0.39 is 0 Å². The molecule has 3 rings (SSSR count). The highest BCUT2D eigenvalue weighted by Crippen LogP contribution is 2.46. The number of aromatic nitrogens is 2. The minimum atomic E-state index is 0.562. The van der Waals surface area contributed by atoms with Crippen molar-refractivity contribution in [3.63, 3.8) is 0 Å². The van der Waals surface area contributed by atoms with Crippen LogP contribution in [-0.2, 0) is 0 Å². The molecule has 0 spiro atoms. The summed E-state index contributed by atoms with van der Waals surface area (Å²) in [6, 6.07) is 0.562. The number of rotatable bonds is 5. The zero-order valence-corrected chi connectivity index (χ0v) is 10.7. The van der Waals surface area contributed by atoms with Crippen molar-refractivity contribution in [1.29, 1.82) is 0 Å². The van der Waals surface area contributed by atoms with Gasteiger partial charge in [-0.1, -0.05) is 11.6 Å². The lowest BCUT2D eigenvalue weighted by Crippen LogP contribution is -2.25. The van der Waals surface area contributed by atoms with Crippen LogP contribution in [0.3, 0.4) is 0 Å². The number of hydrogen-bond donors (Lipinski definition) is 2. The van der Waals surface area contributed by atoms with Crippen molar-refractivity contribution >= 4 is 23.4 Å². The van der Waals surface area contributed by atoms with Crippen LogP contribution in [0.4, 0.5) is 11.8 Å². The van der Waals surface area contributed by atoms with Crippen molar-refractivity contribution in [3.05, 3.63) is 11.2 Å². The first-order valence-corrected chi connectivity index (χ1v) is 6.62. The molecule has 0 aliphatic heterocycles. The average Bonchev–Trinajstić information content (AvgIpc) is 3.19. The number of nitrogens with zero attached hydrogens (tertiary/aromatic N) is 2. The molecule has 1 heterocycles. The van der Waals surface area contributed by atoms with Gasteiger partial charge in [0.15, 0.2) is 5.82 Å². The molecule has 17 heavy (non-hydrogen) atoms. The molecule has 2 aliphatic carbocycles. The highest BCUT2D eigenvalue weighted by molar-refractivity contribution is 6.32. The summed E-state index contributed by atoms with van der Waals surface area (Å²) in [5.74, 6) is 3.04. The van der Waals surface area contributed by atoms with E-state index in [1.807, 2.05) is 7.05 Å². The molecule has 0 unspecified atom stereocenters. The lowest BCUT2D eigenvalue weighted by molar-refractivity contribution is 0.565. The third-order valence-corrected chi connectivity index (χ3v) is 3.81. The Bertz CT molecular complexity index is 403. The van der Waals surface area contributed by atoms with Crippen LogP contribution in [0.15, 0.2) is 6.20 Å². The second kappa shape index (κ2) is 4.33. The Morgan fingerprint density at radius 3 is 2.47 bits per heavy atom. The fraction of sp³-hybridized carbons (Fsp3) is 0.667. The summed E-state index contributed by atoms with van der Waals surface area (Å²) < 4.78 is 0. The van der Waals surface area contributed by atoms with E-state index in [0.717, 1.165) is 17.7 Å². The van der Waals surface area contributed by atoms with E-state index in [9.17, 15) is 0 Å². The monoisotopic (exact) mass is 252 g/mol. The topological polar surface area (TPSA) is 49.8 Å². The molecule has 0 saturated heterocycles. The normalized spacial score (nSPS) is 19.5. The molecule has 1 aromatic heterocycles. The zero-order valence-electron chi connectivity index (χ0n) is 9.91. The van der Waals surface area contributed by atoms with Crippen molar-refractivity contribution in [1.82, 2.24) is 9.97 Å². The first kappa shape index (κ1) is 11.1. The van der Waals surface area contributed by atoms with Gasteiger partial charge in [-0.15, -0.1) is 0 Å². The molecule has 92 valence electrons. The summed E-state index contributed by atoms with van der Waals surface area (Å²) in [6.07, 6.45) is 7.02. The number of hydrogen-bond acceptors (Lipinski definition) is 4. The summed E-state index contributed by atoms with van der Waals surface area (Å²) in [7, 11) is 1.81. The molecule has 4 nitrogen and oxygen atoms in total. The first-order chi connectivity index (χ1) is 8.28. The SMILES string of the molecule is CNc1ncc(Cl)c(NC(C2CC2)C2CC2)n1. The van der Waals surface area contributed by atoms with Gasteiger partial charge in [-0.05, 0) is 37.5 Å². The van der Waals surface area contributed by atoms with E-state index in [2.05, 4.69) is 20.6 Å². The Balaban J connectivity index is 1.77. The van der Waals surface area contributed by atoms with Crippen LogP contribution in [-0.4, -0.2) is 23.1 Å². The van der Waals surface area contributed by atoms with E-state index >= 15 is 0 Å². The molecule has 2 fully saturated rings. The summed E-state index contributed by atoms with van der Waals surface area (Å²) in [5.41, 5.74) is 0. The Morgan fingerprint density at radius 2 is 1.94 bits per heavy atom. The second-order valence-electron chi connectivity index (χ2n) is 4.99. The van der Waals surface area contributed by atoms with Crippen LogP contribution in [0.2, 0.25) is 5.02 Å². The lowest BCUT2D eigenvalue weighted by Gasteiger charge is -2.19. The molecule has 2 aliphatic rings. The molecular formula is C12H17ClN4. The molecule has 0 atom stereocenters. The van der Waals surface area contributed by atoms with Gasteiger partial charge in [-0.3, -0.25) is 0 Å². The molecule has 0 amide bonds. The molecule has 2 saturated carbocycles. The molecule has 5 heteroatoms. The van der Waals surface area contributed by atoms with Crippen LogP contribution in [0.25, 0.3) is 0 Å². The fourth-order valence-electron chi connectivity index (χ4n) is 2.28. The third-order valence-electron chi connectivity index (χ3n) is 3.53. The van der Waals surface area contributed by atoms with Crippen molar-refractivity contribution in [3.8, 4) is 0 Å². The van der Waals surface area contributed by atoms with Crippen LogP contribution in [0, 0.1) is 11.8 Å². The van der Waals surface area contributed by atoms with E-state index in [1.54, 1.807) is 6.20 Å². The zero-order chi connectivity index (χ0) is 11.8. The average molecular weight is 253 g/mol. The van der Waals surface area contributed by atoms with E-state index in [-0.39, 0.29) is 0 Å². The minimum absolute atomic E-state index is 0.562. The van der Waals surface area contributed by atoms with Gasteiger partial charge in [0.1, 0.15) is 5.02 Å². The smallest absolute Gasteiger partial charge is 0.224 e. The van der Waals surface area contributed by atoms with Gasteiger partial charge in [-0.2, -0.15) is 4.98 Å². The van der Waals surface area contributed by atoms with Crippen molar-refractivity contribution in [2.75, 3.05) is 17.7 Å². The van der Waals surface area contributed by atoms with E-state index in [0.29, 0.717) is 17.0 Å². The number of halogens is 1. The number of anilines is 2. The molecule has 0 radical (unpaired) electrons. The summed E-state index contributed by atoms with van der Waals surface area (Å²) >= 11 is 6.13. The van der Waals surface area contributed by atoms with Crippen LogP contribution in [0.1, 0.15) is 25.7 Å². The van der Waals surface area contributed by atoms with E-state index in [1.165, 1.54) is 25.7 Å². The predicted octanol–water partition coefficient (Wildman–Crippen LogP) is 2.77. The fourth-order valence-corrected chi connectivity index (χ4v) is 2.42. The molecule has 0 aromatic carbocycles. The summed E-state index contributed by atoms with van der Waals surface area (Å²) in [6.45, 7) is 0. The predicted molar refractivity (Wildman–Crippen MR) is 69.4 cm³/mol. The van der Waals surface area contributed by atoms with Gasteiger partial charge in [0.05, 0.1) is 6.20 Å². The van der Waals surface area contributed by atoms with E-state index in [4.69, 9.17) is 11.6 Å². The standard InChI is InChI=1S/C12H17ClN4/c1-14-12-15-6-9(13)11(17-12)16-10(7-2-3-7)8-4-5-8/h6-8,10H,2-5H2,1H3,(H2,14,15,16,17). The van der Waals surface area contributed by atoms with Crippen LogP contribution in [0.5, 0.6) is 0 Å². The highest BCUT2D eigenvalue weighted by Gasteiger charge is 2.41. The highest BCUT2D eigenvalue weighted by atomic mass is 35.5. The van der Waals surface area contributed by atoms with Crippen LogP contribution < -0.4 is 10.6 Å². The largest absolute Gasteiger partial charge is 0.365 e. The van der Waals surface area contributed by atoms with Crippen molar-refractivity contribution < 1.29 is 0 Å². The van der Waals surface area contributed by atoms with Crippen molar-refractivity contribution in [2.24, 2.45) is 11.8 Å². The Morgan fingerprint density at radius 1 is 1.29 bits per heavy atom. The quantitative estimate of drug-likeness (QED) is 0.846. The Labute approximate surface area is 106 Å². The number of nitrogens with one attached hydrogen (secondary N) is 2. The summed E-state index contributed by atoms with van der Waals surface area (Å²) in [5, 5.41) is 7.07. The molecule has 1 aromatic rings. The van der Waals surface area contributed by atoms with Crippen LogP contribution >= 0.6 is 11.6 Å². The minimum Gasteiger partial charge on any atom is -0.365 e. The third kappa shape index (κ3) is 2.46. The Hall–Kier alpha value is -1.03.